The first-order valence-electron chi connectivity index (χ1n) is 12.7. The molecule has 0 spiro atoms. The SMILES string of the molecule is O[C@H](c1c(C2CC2)ccn2cncc12)C1CCC(c2ccc(OC3CCCC3)cc2)CC1. The molecule has 0 unspecified atom stereocenters. The van der Waals surface area contributed by atoms with Crippen molar-refractivity contribution in [3.63, 3.8) is 0 Å². The summed E-state index contributed by atoms with van der Waals surface area (Å²) in [4.78, 5) is 4.34. The van der Waals surface area contributed by atoms with Crippen LogP contribution in [0.1, 0.15) is 98.8 Å². The van der Waals surface area contributed by atoms with Crippen molar-refractivity contribution in [3.05, 3.63) is 65.7 Å². The molecule has 3 fully saturated rings. The second kappa shape index (κ2) is 8.55. The van der Waals surface area contributed by atoms with Crippen LogP contribution in [0, 0.1) is 5.92 Å². The van der Waals surface area contributed by atoms with Crippen molar-refractivity contribution in [2.24, 2.45) is 5.92 Å². The Morgan fingerprint density at radius 2 is 1.59 bits per heavy atom. The average Bonchev–Trinajstić information content (AvgIpc) is 3.34. The highest BCUT2D eigenvalue weighted by Gasteiger charge is 2.34. The normalized spacial score (nSPS) is 25.3. The highest BCUT2D eigenvalue weighted by atomic mass is 16.5. The molecule has 4 nitrogen and oxygen atoms in total. The molecule has 32 heavy (non-hydrogen) atoms. The van der Waals surface area contributed by atoms with Crippen molar-refractivity contribution in [2.75, 3.05) is 0 Å². The van der Waals surface area contributed by atoms with Crippen LogP contribution in [0.5, 0.6) is 5.75 Å². The molecule has 3 aromatic rings. The number of aliphatic hydroxyl groups is 1. The predicted octanol–water partition coefficient (Wildman–Crippen LogP) is 6.54. The molecule has 1 aromatic carbocycles. The summed E-state index contributed by atoms with van der Waals surface area (Å²) in [6.07, 6.45) is 17.8. The second-order valence-corrected chi connectivity index (χ2v) is 10.3. The first kappa shape index (κ1) is 20.3. The monoisotopic (exact) mass is 430 g/mol. The fraction of sp³-hybridized carbons (Fsp3) is 0.536. The molecule has 0 bridgehead atoms. The Hall–Kier alpha value is -2.33. The Bertz CT molecular complexity index is 1050. The topological polar surface area (TPSA) is 46.8 Å². The zero-order chi connectivity index (χ0) is 21.5. The summed E-state index contributed by atoms with van der Waals surface area (Å²) in [5.74, 6) is 2.56. The lowest BCUT2D eigenvalue weighted by Gasteiger charge is -2.33. The molecule has 2 aromatic heterocycles. The zero-order valence-corrected chi connectivity index (χ0v) is 18.8. The van der Waals surface area contributed by atoms with Crippen LogP contribution >= 0.6 is 0 Å². The minimum absolute atomic E-state index is 0.329. The third-order valence-electron chi connectivity index (χ3n) is 8.16. The van der Waals surface area contributed by atoms with Gasteiger partial charge in [-0.1, -0.05) is 12.1 Å². The Labute approximate surface area is 190 Å². The fourth-order valence-electron chi connectivity index (χ4n) is 6.12. The summed E-state index contributed by atoms with van der Waals surface area (Å²) < 4.78 is 8.20. The van der Waals surface area contributed by atoms with Crippen LogP contribution in [-0.4, -0.2) is 20.6 Å². The van der Waals surface area contributed by atoms with E-state index in [1.165, 1.54) is 49.7 Å². The molecule has 1 N–H and O–H groups in total. The molecule has 3 aliphatic carbocycles. The molecule has 4 heteroatoms. The van der Waals surface area contributed by atoms with Crippen LogP contribution in [0.4, 0.5) is 0 Å². The summed E-state index contributed by atoms with van der Waals surface area (Å²) in [7, 11) is 0. The van der Waals surface area contributed by atoms with E-state index in [9.17, 15) is 5.11 Å². The number of rotatable bonds is 6. The van der Waals surface area contributed by atoms with Crippen molar-refractivity contribution < 1.29 is 9.84 Å². The molecule has 0 aliphatic heterocycles. The molecular formula is C28H34N2O2. The van der Waals surface area contributed by atoms with Crippen molar-refractivity contribution in [3.8, 4) is 5.75 Å². The van der Waals surface area contributed by atoms with Gasteiger partial charge in [-0.05, 0) is 111 Å². The van der Waals surface area contributed by atoms with Gasteiger partial charge >= 0.3 is 0 Å². The maximum Gasteiger partial charge on any atom is 0.119 e. The number of aromatic nitrogens is 2. The Morgan fingerprint density at radius 1 is 0.875 bits per heavy atom. The van der Waals surface area contributed by atoms with E-state index in [4.69, 9.17) is 4.74 Å². The van der Waals surface area contributed by atoms with Crippen LogP contribution in [0.2, 0.25) is 0 Å². The number of nitrogens with zero attached hydrogens (tertiary/aromatic N) is 2. The molecule has 0 saturated heterocycles. The molecular weight excluding hydrogens is 396 g/mol. The van der Waals surface area contributed by atoms with Gasteiger partial charge in [0.2, 0.25) is 0 Å². The molecule has 6 rings (SSSR count). The second-order valence-electron chi connectivity index (χ2n) is 10.3. The van der Waals surface area contributed by atoms with Crippen molar-refractivity contribution in [2.45, 2.75) is 88.3 Å². The average molecular weight is 431 g/mol. The number of fused-ring (bicyclic) bond motifs is 1. The summed E-state index contributed by atoms with van der Waals surface area (Å²) in [5.41, 5.74) is 5.00. The van der Waals surface area contributed by atoms with Gasteiger partial charge in [0.25, 0.3) is 0 Å². The molecule has 1 atom stereocenters. The number of imidazole rings is 1. The van der Waals surface area contributed by atoms with Gasteiger partial charge in [0.05, 0.1) is 30.2 Å². The number of ether oxygens (including phenoxy) is 1. The fourth-order valence-corrected chi connectivity index (χ4v) is 6.12. The van der Waals surface area contributed by atoms with Crippen molar-refractivity contribution >= 4 is 5.52 Å². The van der Waals surface area contributed by atoms with E-state index < -0.39 is 6.10 Å². The predicted molar refractivity (Wildman–Crippen MR) is 126 cm³/mol. The lowest BCUT2D eigenvalue weighted by Crippen LogP contribution is -2.21. The van der Waals surface area contributed by atoms with Crippen molar-refractivity contribution in [1.29, 1.82) is 0 Å². The van der Waals surface area contributed by atoms with Crippen LogP contribution in [0.15, 0.2) is 49.1 Å². The summed E-state index contributed by atoms with van der Waals surface area (Å²) >= 11 is 0. The number of hydrogen-bond donors (Lipinski definition) is 1. The molecule has 2 heterocycles. The van der Waals surface area contributed by atoms with E-state index in [1.807, 2.05) is 12.5 Å². The third kappa shape index (κ3) is 3.94. The minimum Gasteiger partial charge on any atom is -0.490 e. The smallest absolute Gasteiger partial charge is 0.119 e. The van der Waals surface area contributed by atoms with Gasteiger partial charge in [0.15, 0.2) is 0 Å². The van der Waals surface area contributed by atoms with E-state index in [0.29, 0.717) is 23.9 Å². The third-order valence-corrected chi connectivity index (χ3v) is 8.16. The number of aliphatic hydroxyl groups excluding tert-OH is 1. The highest BCUT2D eigenvalue weighted by molar-refractivity contribution is 5.59. The van der Waals surface area contributed by atoms with Crippen LogP contribution in [0.25, 0.3) is 5.52 Å². The van der Waals surface area contributed by atoms with Crippen LogP contribution in [-0.2, 0) is 0 Å². The molecule has 3 aliphatic rings. The van der Waals surface area contributed by atoms with E-state index in [1.54, 1.807) is 0 Å². The van der Waals surface area contributed by atoms with Gasteiger partial charge < -0.3 is 14.2 Å². The van der Waals surface area contributed by atoms with E-state index in [2.05, 4.69) is 45.9 Å². The van der Waals surface area contributed by atoms with Gasteiger partial charge in [-0.25, -0.2) is 4.98 Å². The Kier molecular flexibility index (Phi) is 5.42. The largest absolute Gasteiger partial charge is 0.490 e. The van der Waals surface area contributed by atoms with Gasteiger partial charge in [0.1, 0.15) is 5.75 Å². The maximum atomic E-state index is 11.5. The first-order chi connectivity index (χ1) is 15.8. The van der Waals surface area contributed by atoms with Crippen LogP contribution in [0.3, 0.4) is 0 Å². The minimum atomic E-state index is -0.394. The molecule has 3 saturated carbocycles. The molecule has 0 amide bonds. The standard InChI is InChI=1S/C28H34N2O2/c31-28(27-25(21-7-8-21)15-16-30-18-29-17-26(27)30)22-9-5-19(6-10-22)20-11-13-24(14-12-20)32-23-3-1-2-4-23/h11-19,21-23,28,31H,1-10H2/t19?,22?,28-/m0/s1. The lowest BCUT2D eigenvalue weighted by molar-refractivity contribution is 0.0810. The summed E-state index contributed by atoms with van der Waals surface area (Å²) in [6.45, 7) is 0. The molecule has 168 valence electrons. The molecule has 0 radical (unpaired) electrons. The van der Waals surface area contributed by atoms with Gasteiger partial charge in [0, 0.05) is 11.8 Å². The van der Waals surface area contributed by atoms with Crippen molar-refractivity contribution in [1.82, 2.24) is 9.38 Å². The van der Waals surface area contributed by atoms with Gasteiger partial charge in [-0.3, -0.25) is 0 Å². The van der Waals surface area contributed by atoms with E-state index >= 15 is 0 Å². The Morgan fingerprint density at radius 3 is 2.31 bits per heavy atom. The van der Waals surface area contributed by atoms with E-state index in [-0.39, 0.29) is 0 Å². The maximum absolute atomic E-state index is 11.5. The van der Waals surface area contributed by atoms with Gasteiger partial charge in [-0.2, -0.15) is 0 Å². The van der Waals surface area contributed by atoms with Gasteiger partial charge in [-0.15, -0.1) is 0 Å². The Balaban J connectivity index is 1.13. The zero-order valence-electron chi connectivity index (χ0n) is 18.8. The van der Waals surface area contributed by atoms with Crippen LogP contribution < -0.4 is 4.74 Å². The summed E-state index contributed by atoms with van der Waals surface area (Å²) in [5, 5.41) is 11.5. The number of benzene rings is 1. The number of hydrogen-bond acceptors (Lipinski definition) is 3. The lowest BCUT2D eigenvalue weighted by atomic mass is 9.75. The first-order valence-corrected chi connectivity index (χ1v) is 12.7. The number of pyridine rings is 1. The highest BCUT2D eigenvalue weighted by Crippen LogP contribution is 2.48. The quantitative estimate of drug-likeness (QED) is 0.483. The van der Waals surface area contributed by atoms with E-state index in [0.717, 1.165) is 42.5 Å². The summed E-state index contributed by atoms with van der Waals surface area (Å²) in [6, 6.07) is 11.1.